The summed E-state index contributed by atoms with van der Waals surface area (Å²) in [5, 5.41) is 0. The van der Waals surface area contributed by atoms with Crippen LogP contribution in [0.1, 0.15) is 52.8 Å². The van der Waals surface area contributed by atoms with Crippen LogP contribution < -0.4 is 18.9 Å². The van der Waals surface area contributed by atoms with Gasteiger partial charge in [0.2, 0.25) is 0 Å². The average Bonchev–Trinajstić information content (AvgIpc) is 3.49. The molecule has 0 atom stereocenters. The molecule has 48 heavy (non-hydrogen) atoms. The smallest absolute Gasteiger partial charge is 0.343 e. The molecule has 0 aliphatic carbocycles. The van der Waals surface area contributed by atoms with Crippen molar-refractivity contribution in [3.8, 4) is 23.0 Å². The van der Waals surface area contributed by atoms with E-state index in [4.69, 9.17) is 35.9 Å². The normalized spacial score (nSPS) is 10.5. The number of benzene rings is 3. The summed E-state index contributed by atoms with van der Waals surface area (Å²) in [6, 6.07) is 16.2. The van der Waals surface area contributed by atoms with Gasteiger partial charge in [0.25, 0.3) is 0 Å². The molecule has 0 aliphatic heterocycles. The van der Waals surface area contributed by atoms with Crippen LogP contribution in [0.2, 0.25) is 0 Å². The van der Waals surface area contributed by atoms with Gasteiger partial charge in [-0.05, 0) is 86.3 Å². The van der Waals surface area contributed by atoms with Crippen molar-refractivity contribution in [1.29, 1.82) is 0 Å². The maximum atomic E-state index is 13.0. The van der Waals surface area contributed by atoms with Crippen molar-refractivity contribution in [2.45, 2.75) is 32.1 Å². The lowest BCUT2D eigenvalue weighted by Gasteiger charge is -2.10. The molecule has 4 aromatic rings. The van der Waals surface area contributed by atoms with E-state index in [1.807, 2.05) is 0 Å². The lowest BCUT2D eigenvalue weighted by molar-refractivity contribution is -0.138. The molecule has 1 heterocycles. The monoisotopic (exact) mass is 708 g/mol. The van der Waals surface area contributed by atoms with E-state index >= 15 is 0 Å². The molecule has 1 aromatic heterocycles. The third-order valence-electron chi connectivity index (χ3n) is 6.47. The van der Waals surface area contributed by atoms with Gasteiger partial charge in [-0.1, -0.05) is 25.4 Å². The van der Waals surface area contributed by atoms with E-state index in [2.05, 4.69) is 17.9 Å². The van der Waals surface area contributed by atoms with Crippen molar-refractivity contribution in [3.05, 3.63) is 100 Å². The highest BCUT2D eigenvalue weighted by atomic mass is 32.2. The molecule has 250 valence electrons. The Morgan fingerprint density at radius 3 is 1.62 bits per heavy atom. The summed E-state index contributed by atoms with van der Waals surface area (Å²) in [6.07, 6.45) is 5.11. The van der Waals surface area contributed by atoms with Crippen LogP contribution in [0.3, 0.4) is 0 Å². The minimum atomic E-state index is -0.573. The number of carbonyl (C=O) groups excluding carboxylic acids is 4. The largest absolute Gasteiger partial charge is 0.494 e. The molecule has 10 nitrogen and oxygen atoms in total. The van der Waals surface area contributed by atoms with Gasteiger partial charge >= 0.3 is 23.9 Å². The number of fused-ring (bicyclic) bond motifs is 1. The Kier molecular flexibility index (Phi) is 13.9. The number of carbonyl (C=O) groups is 4. The molecule has 0 aliphatic rings. The summed E-state index contributed by atoms with van der Waals surface area (Å²) in [4.78, 5) is 48.3. The number of ether oxygens (including phenoxy) is 6. The Morgan fingerprint density at radius 1 is 0.667 bits per heavy atom. The van der Waals surface area contributed by atoms with Gasteiger partial charge in [-0.2, -0.15) is 0 Å². The zero-order chi connectivity index (χ0) is 34.3. The van der Waals surface area contributed by atoms with Crippen molar-refractivity contribution in [2.24, 2.45) is 0 Å². The molecule has 0 unspecified atom stereocenters. The molecule has 0 N–H and O–H groups in total. The van der Waals surface area contributed by atoms with Gasteiger partial charge in [0.15, 0.2) is 0 Å². The minimum absolute atomic E-state index is 0.278. The van der Waals surface area contributed by atoms with E-state index in [-0.39, 0.29) is 12.4 Å². The fourth-order valence-electron chi connectivity index (χ4n) is 4.10. The number of hydrogen-bond acceptors (Lipinski definition) is 13. The van der Waals surface area contributed by atoms with Crippen LogP contribution in [0.5, 0.6) is 23.0 Å². The number of unbranched alkanes of at least 4 members (excludes halogenated alkanes) is 2. The van der Waals surface area contributed by atoms with Crippen molar-refractivity contribution < 1.29 is 47.6 Å². The van der Waals surface area contributed by atoms with E-state index < -0.39 is 17.9 Å². The van der Waals surface area contributed by atoms with E-state index in [1.165, 1.54) is 22.7 Å². The molecule has 13 heteroatoms. The van der Waals surface area contributed by atoms with E-state index in [9.17, 15) is 19.2 Å². The fourth-order valence-corrected chi connectivity index (χ4v) is 6.66. The molecule has 0 amide bonds. The Bertz CT molecular complexity index is 1810. The van der Waals surface area contributed by atoms with Crippen LogP contribution >= 0.6 is 34.9 Å². The Hall–Kier alpha value is -4.85. The summed E-state index contributed by atoms with van der Waals surface area (Å²) in [7, 11) is 0. The van der Waals surface area contributed by atoms with Gasteiger partial charge in [0, 0.05) is 12.5 Å². The third kappa shape index (κ3) is 10.9. The van der Waals surface area contributed by atoms with Gasteiger partial charge in [-0.25, -0.2) is 14.4 Å². The second-order valence-corrected chi connectivity index (χ2v) is 13.1. The van der Waals surface area contributed by atoms with E-state index in [0.29, 0.717) is 92.2 Å². The first-order chi connectivity index (χ1) is 23.3. The first kappa shape index (κ1) is 36.0. The lowest BCUT2D eigenvalue weighted by atomic mass is 10.2. The zero-order valence-corrected chi connectivity index (χ0v) is 28.3. The zero-order valence-electron chi connectivity index (χ0n) is 25.8. The van der Waals surface area contributed by atoms with Crippen molar-refractivity contribution in [2.75, 3.05) is 19.8 Å². The van der Waals surface area contributed by atoms with Crippen LogP contribution in [0.15, 0.2) is 86.2 Å². The van der Waals surface area contributed by atoms with E-state index in [1.54, 1.807) is 60.7 Å². The van der Waals surface area contributed by atoms with Crippen molar-refractivity contribution in [3.63, 3.8) is 0 Å². The highest BCUT2D eigenvalue weighted by molar-refractivity contribution is 7.77. The molecule has 0 saturated heterocycles. The average molecular weight is 709 g/mol. The van der Waals surface area contributed by atoms with E-state index in [0.717, 1.165) is 12.3 Å². The molecule has 4 rings (SSSR count). The molecular formula is C35H32O10S3. The summed E-state index contributed by atoms with van der Waals surface area (Å²) >= 11 is 7.91. The van der Waals surface area contributed by atoms with Crippen LogP contribution in [-0.2, 0) is 19.1 Å². The highest BCUT2D eigenvalue weighted by Crippen LogP contribution is 2.42. The van der Waals surface area contributed by atoms with Crippen LogP contribution in [-0.4, -0.2) is 43.7 Å². The number of esters is 4. The molecule has 0 bridgehead atoms. The standard InChI is InChI=1S/C35H32O10S3/c1-3-29(36)43-22-8-7-21-42-26-16-12-24(13-17-26)34(39)45-28-19-18-27(31-32(28)48-35(46)47-31)44-33(38)23-10-14-25(15-11-23)41-20-6-5-9-30(37)40-4-2/h3-4,10-19H,1-2,5-9,20-22H2. The predicted octanol–water partition coefficient (Wildman–Crippen LogP) is 8.25. The predicted molar refractivity (Wildman–Crippen MR) is 185 cm³/mol. The molecule has 0 saturated carbocycles. The molecular weight excluding hydrogens is 677 g/mol. The SMILES string of the molecule is C=COC(=O)CCCCOc1ccc(C(=O)Oc2ccc(OC(=O)c3ccc(OCCCCOC(=O)C=C)cc3)c3sc(=S)sc23)cc1. The maximum Gasteiger partial charge on any atom is 0.343 e. The summed E-state index contributed by atoms with van der Waals surface area (Å²) in [6.45, 7) is 7.82. The topological polar surface area (TPSA) is 124 Å². The molecule has 0 radical (unpaired) electrons. The Morgan fingerprint density at radius 2 is 1.15 bits per heavy atom. The highest BCUT2D eigenvalue weighted by Gasteiger charge is 2.19. The molecule has 0 fully saturated rings. The summed E-state index contributed by atoms with van der Waals surface area (Å²) in [5.74, 6) is -0.184. The Labute approximate surface area is 290 Å². The van der Waals surface area contributed by atoms with Crippen LogP contribution in [0, 0.1) is 3.14 Å². The first-order valence-electron chi connectivity index (χ1n) is 14.8. The molecule has 0 spiro atoms. The van der Waals surface area contributed by atoms with Gasteiger partial charge in [0.1, 0.15) is 26.1 Å². The van der Waals surface area contributed by atoms with Gasteiger partial charge in [0.05, 0.1) is 46.6 Å². The maximum absolute atomic E-state index is 13.0. The minimum Gasteiger partial charge on any atom is -0.494 e. The summed E-state index contributed by atoms with van der Waals surface area (Å²) < 4.78 is 34.1. The number of rotatable bonds is 18. The molecule has 3 aromatic carbocycles. The second-order valence-electron chi connectivity index (χ2n) is 9.89. The van der Waals surface area contributed by atoms with Gasteiger partial charge in [-0.15, -0.1) is 22.7 Å². The van der Waals surface area contributed by atoms with Gasteiger partial charge < -0.3 is 28.4 Å². The number of hydrogen-bond donors (Lipinski definition) is 0. The first-order valence-corrected chi connectivity index (χ1v) is 16.9. The van der Waals surface area contributed by atoms with Gasteiger partial charge in [-0.3, -0.25) is 4.79 Å². The van der Waals surface area contributed by atoms with Crippen LogP contribution in [0.25, 0.3) is 9.40 Å². The fraction of sp³-hybridized carbons (Fsp3) is 0.229. The third-order valence-corrected chi connectivity index (χ3v) is 9.15. The Balaban J connectivity index is 1.30. The van der Waals surface area contributed by atoms with Crippen LogP contribution in [0.4, 0.5) is 0 Å². The quantitative estimate of drug-likeness (QED) is 0.0248. The summed E-state index contributed by atoms with van der Waals surface area (Å²) in [5.41, 5.74) is 0.639. The lowest BCUT2D eigenvalue weighted by Crippen LogP contribution is -2.10. The second kappa shape index (κ2) is 18.5. The van der Waals surface area contributed by atoms with Crippen molar-refractivity contribution in [1.82, 2.24) is 0 Å². The van der Waals surface area contributed by atoms with Crippen molar-refractivity contribution >= 4 is 68.2 Å².